The molecule has 130 valence electrons. The minimum atomic E-state index is -0.0979. The van der Waals surface area contributed by atoms with Crippen LogP contribution in [0, 0.1) is 0 Å². The second kappa shape index (κ2) is 7.01. The molecule has 0 spiro atoms. The lowest BCUT2D eigenvalue weighted by atomic mass is 9.97. The first kappa shape index (κ1) is 15.7. The van der Waals surface area contributed by atoms with E-state index < -0.39 is 0 Å². The predicted octanol–water partition coefficient (Wildman–Crippen LogP) is 2.67. The van der Waals surface area contributed by atoms with Gasteiger partial charge in [-0.05, 0) is 18.4 Å². The fourth-order valence-electron chi connectivity index (χ4n) is 3.33. The summed E-state index contributed by atoms with van der Waals surface area (Å²) in [6, 6.07) is 10.1. The first-order valence-electron chi connectivity index (χ1n) is 8.65. The van der Waals surface area contributed by atoms with Crippen LogP contribution in [0.15, 0.2) is 48.5 Å². The molecule has 6 heteroatoms. The fraction of sp³-hybridized carbons (Fsp3) is 0.368. The van der Waals surface area contributed by atoms with Crippen LogP contribution in [0.2, 0.25) is 0 Å². The summed E-state index contributed by atoms with van der Waals surface area (Å²) in [5, 5.41) is 0. The maximum Gasteiger partial charge on any atom is 0.292 e. The second-order valence-electron chi connectivity index (χ2n) is 6.34. The number of benzene rings is 1. The number of aromatic amines is 1. The van der Waals surface area contributed by atoms with Gasteiger partial charge in [0.05, 0.1) is 11.9 Å². The number of imidazole rings is 1. The van der Waals surface area contributed by atoms with Crippen LogP contribution >= 0.6 is 0 Å². The number of hydrogen-bond donors (Lipinski definition) is 1. The van der Waals surface area contributed by atoms with E-state index in [2.05, 4.69) is 22.1 Å². The predicted molar refractivity (Wildman–Crippen MR) is 92.6 cm³/mol. The van der Waals surface area contributed by atoms with Crippen molar-refractivity contribution in [2.75, 3.05) is 26.3 Å². The lowest BCUT2D eigenvalue weighted by Crippen LogP contribution is -2.41. The first-order chi connectivity index (χ1) is 12.3. The van der Waals surface area contributed by atoms with Crippen molar-refractivity contribution in [3.63, 3.8) is 0 Å². The van der Waals surface area contributed by atoms with E-state index in [0.717, 1.165) is 36.5 Å². The van der Waals surface area contributed by atoms with Gasteiger partial charge in [-0.1, -0.05) is 30.3 Å². The number of nitrogens with zero attached hydrogens (tertiary/aromatic N) is 2. The molecule has 3 heterocycles. The highest BCUT2D eigenvalue weighted by Crippen LogP contribution is 2.28. The molecule has 1 saturated heterocycles. The van der Waals surface area contributed by atoms with Crippen molar-refractivity contribution in [1.29, 1.82) is 0 Å². The van der Waals surface area contributed by atoms with Gasteiger partial charge in [0, 0.05) is 19.0 Å². The molecule has 0 unspecified atom stereocenters. The van der Waals surface area contributed by atoms with Crippen LogP contribution in [-0.4, -0.2) is 47.1 Å². The molecule has 6 nitrogen and oxygen atoms in total. The van der Waals surface area contributed by atoms with Gasteiger partial charge in [-0.25, -0.2) is 4.98 Å². The number of carbonyl (C=O) groups excluding carboxylic acids is 1. The Labute approximate surface area is 146 Å². The average Bonchev–Trinajstić information content (AvgIpc) is 3.19. The molecular weight excluding hydrogens is 318 g/mol. The summed E-state index contributed by atoms with van der Waals surface area (Å²) in [4.78, 5) is 22.4. The number of H-pyrrole nitrogens is 1. The van der Waals surface area contributed by atoms with Crippen molar-refractivity contribution in [3.05, 3.63) is 54.4 Å². The number of nitrogens with one attached hydrogen (secondary N) is 1. The van der Waals surface area contributed by atoms with Crippen molar-refractivity contribution < 1.29 is 14.3 Å². The highest BCUT2D eigenvalue weighted by molar-refractivity contribution is 5.91. The Bertz CT molecular complexity index is 769. The Morgan fingerprint density at radius 3 is 2.92 bits per heavy atom. The molecule has 25 heavy (non-hydrogen) atoms. The third-order valence-corrected chi connectivity index (χ3v) is 4.64. The number of carbonyl (C=O) groups is 1. The summed E-state index contributed by atoms with van der Waals surface area (Å²) in [5.41, 5.74) is 2.12. The van der Waals surface area contributed by atoms with Crippen molar-refractivity contribution in [2.24, 2.45) is 0 Å². The van der Waals surface area contributed by atoms with Crippen molar-refractivity contribution in [2.45, 2.75) is 18.8 Å². The third-order valence-electron chi connectivity index (χ3n) is 4.64. The summed E-state index contributed by atoms with van der Waals surface area (Å²) in [5.74, 6) is 1.35. The minimum absolute atomic E-state index is 0.0979. The molecule has 1 N–H and O–H groups in total. The van der Waals surface area contributed by atoms with E-state index in [9.17, 15) is 4.79 Å². The molecule has 4 rings (SSSR count). The highest BCUT2D eigenvalue weighted by Gasteiger charge is 2.29. The Balaban J connectivity index is 1.47. The van der Waals surface area contributed by atoms with Crippen LogP contribution in [0.3, 0.4) is 0 Å². The summed E-state index contributed by atoms with van der Waals surface area (Å²) in [6.07, 6.45) is 5.26. The van der Waals surface area contributed by atoms with Crippen molar-refractivity contribution in [3.8, 4) is 11.3 Å². The third kappa shape index (κ3) is 3.38. The van der Waals surface area contributed by atoms with Gasteiger partial charge in [-0.15, -0.1) is 0 Å². The van der Waals surface area contributed by atoms with Crippen LogP contribution in [0.1, 0.15) is 24.6 Å². The highest BCUT2D eigenvalue weighted by atomic mass is 16.6. The topological polar surface area (TPSA) is 67.5 Å². The lowest BCUT2D eigenvalue weighted by Gasteiger charge is -2.32. The number of likely N-dealkylation sites (tertiary alicyclic amines) is 1. The number of aromatic nitrogens is 2. The second-order valence-corrected chi connectivity index (χ2v) is 6.34. The Morgan fingerprint density at radius 2 is 2.12 bits per heavy atom. The molecule has 1 amide bonds. The molecular formula is C19H21N3O3. The van der Waals surface area contributed by atoms with E-state index >= 15 is 0 Å². The molecule has 0 radical (unpaired) electrons. The van der Waals surface area contributed by atoms with E-state index in [4.69, 9.17) is 9.47 Å². The smallest absolute Gasteiger partial charge is 0.292 e. The van der Waals surface area contributed by atoms with Gasteiger partial charge < -0.3 is 19.4 Å². The minimum Gasteiger partial charge on any atom is -0.494 e. The van der Waals surface area contributed by atoms with Crippen molar-refractivity contribution >= 4 is 5.91 Å². The number of amides is 1. The van der Waals surface area contributed by atoms with E-state index in [1.54, 1.807) is 0 Å². The van der Waals surface area contributed by atoms with Gasteiger partial charge in [0.2, 0.25) is 5.76 Å². The molecule has 1 atom stereocenters. The molecule has 2 aromatic rings. The van der Waals surface area contributed by atoms with Gasteiger partial charge in [0.1, 0.15) is 25.3 Å². The standard InChI is InChI=1S/C19H21N3O3/c23-19(17-13-24-9-10-25-17)22-8-4-7-15(12-22)18-20-11-16(21-18)14-5-2-1-3-6-14/h1-3,5-6,11,13,15H,4,7-10,12H2,(H,20,21)/t15-/m1/s1. The van der Waals surface area contributed by atoms with Gasteiger partial charge >= 0.3 is 0 Å². The average molecular weight is 339 g/mol. The first-order valence-corrected chi connectivity index (χ1v) is 8.65. The SMILES string of the molecule is O=C(C1=COCCO1)N1CCC[C@@H](c2ncc(-c3ccccc3)[nH]2)C1. The summed E-state index contributed by atoms with van der Waals surface area (Å²) < 4.78 is 10.6. The Kier molecular flexibility index (Phi) is 4.41. The van der Waals surface area contributed by atoms with Gasteiger partial charge in [0.25, 0.3) is 5.91 Å². The van der Waals surface area contributed by atoms with Crippen LogP contribution in [0.4, 0.5) is 0 Å². The van der Waals surface area contributed by atoms with E-state index in [-0.39, 0.29) is 11.8 Å². The van der Waals surface area contributed by atoms with Crippen LogP contribution in [-0.2, 0) is 14.3 Å². The number of hydrogen-bond acceptors (Lipinski definition) is 4. The maximum atomic E-state index is 12.6. The van der Waals surface area contributed by atoms with E-state index in [1.807, 2.05) is 29.3 Å². The van der Waals surface area contributed by atoms with Gasteiger partial charge in [0.15, 0.2) is 0 Å². The van der Waals surface area contributed by atoms with Crippen molar-refractivity contribution in [1.82, 2.24) is 14.9 Å². The number of ether oxygens (including phenoxy) is 2. The molecule has 1 aromatic carbocycles. The Morgan fingerprint density at radius 1 is 1.24 bits per heavy atom. The largest absolute Gasteiger partial charge is 0.494 e. The molecule has 1 aromatic heterocycles. The van der Waals surface area contributed by atoms with Gasteiger partial charge in [-0.2, -0.15) is 0 Å². The molecule has 0 saturated carbocycles. The van der Waals surface area contributed by atoms with Crippen LogP contribution < -0.4 is 0 Å². The number of rotatable bonds is 3. The summed E-state index contributed by atoms with van der Waals surface area (Å²) in [7, 11) is 0. The summed E-state index contributed by atoms with van der Waals surface area (Å²) in [6.45, 7) is 2.30. The fourth-order valence-corrected chi connectivity index (χ4v) is 3.33. The zero-order valence-corrected chi connectivity index (χ0v) is 14.0. The van der Waals surface area contributed by atoms with Crippen LogP contribution in [0.5, 0.6) is 0 Å². The molecule has 1 fully saturated rings. The van der Waals surface area contributed by atoms with E-state index in [1.165, 1.54) is 6.26 Å². The van der Waals surface area contributed by atoms with Gasteiger partial charge in [-0.3, -0.25) is 4.79 Å². The zero-order chi connectivity index (χ0) is 17.1. The number of piperidine rings is 1. The molecule has 0 aliphatic carbocycles. The zero-order valence-electron chi connectivity index (χ0n) is 14.0. The maximum absolute atomic E-state index is 12.6. The Hall–Kier alpha value is -2.76. The quantitative estimate of drug-likeness (QED) is 0.933. The normalized spacial score (nSPS) is 20.4. The van der Waals surface area contributed by atoms with Crippen LogP contribution in [0.25, 0.3) is 11.3 Å². The molecule has 2 aliphatic rings. The van der Waals surface area contributed by atoms with E-state index in [0.29, 0.717) is 25.5 Å². The molecule has 2 aliphatic heterocycles. The molecule has 0 bridgehead atoms. The monoisotopic (exact) mass is 339 g/mol. The lowest BCUT2D eigenvalue weighted by molar-refractivity contribution is -0.133. The summed E-state index contributed by atoms with van der Waals surface area (Å²) >= 11 is 0.